The van der Waals surface area contributed by atoms with Gasteiger partial charge in [-0.15, -0.1) is 0 Å². The van der Waals surface area contributed by atoms with Gasteiger partial charge in [-0.2, -0.15) is 0 Å². The van der Waals surface area contributed by atoms with Crippen LogP contribution >= 0.6 is 0 Å². The van der Waals surface area contributed by atoms with E-state index in [2.05, 4.69) is 5.32 Å². The first kappa shape index (κ1) is 11.9. The minimum absolute atomic E-state index is 0.176. The highest BCUT2D eigenvalue weighted by Crippen LogP contribution is 2.33. The van der Waals surface area contributed by atoms with Gasteiger partial charge in [-0.1, -0.05) is 6.42 Å². The molecule has 0 radical (unpaired) electrons. The molecule has 3 unspecified atom stereocenters. The van der Waals surface area contributed by atoms with Gasteiger partial charge >= 0.3 is 5.97 Å². The van der Waals surface area contributed by atoms with Gasteiger partial charge in [-0.3, -0.25) is 4.79 Å². The van der Waals surface area contributed by atoms with Gasteiger partial charge in [-0.05, 0) is 50.5 Å². The zero-order valence-electron chi connectivity index (χ0n) is 9.56. The summed E-state index contributed by atoms with van der Waals surface area (Å²) in [5.74, 6) is 0.0641. The molecule has 0 aromatic carbocycles. The molecule has 2 aliphatic carbocycles. The van der Waals surface area contributed by atoms with Gasteiger partial charge in [0.2, 0.25) is 0 Å². The number of hydrogen-bond acceptors (Lipinski definition) is 3. The smallest absolute Gasteiger partial charge is 0.320 e. The highest BCUT2D eigenvalue weighted by atomic mass is 16.4. The molecular formula is C12H21NO3. The highest BCUT2D eigenvalue weighted by molar-refractivity contribution is 5.74. The average molecular weight is 227 g/mol. The number of carboxylic acids is 1. The number of aliphatic carboxylic acids is 1. The molecule has 0 aromatic rings. The van der Waals surface area contributed by atoms with Gasteiger partial charge in [0, 0.05) is 0 Å². The van der Waals surface area contributed by atoms with Gasteiger partial charge in [-0.25, -0.2) is 0 Å². The molecule has 16 heavy (non-hydrogen) atoms. The molecule has 92 valence electrons. The van der Waals surface area contributed by atoms with Crippen molar-refractivity contribution in [3.63, 3.8) is 0 Å². The molecule has 0 aliphatic heterocycles. The Hall–Kier alpha value is -0.610. The molecule has 2 saturated carbocycles. The zero-order valence-corrected chi connectivity index (χ0v) is 9.56. The summed E-state index contributed by atoms with van der Waals surface area (Å²) in [7, 11) is 0. The number of hydrogen-bond donors (Lipinski definition) is 3. The Morgan fingerprint density at radius 2 is 2.06 bits per heavy atom. The van der Waals surface area contributed by atoms with Crippen molar-refractivity contribution in [2.24, 2.45) is 11.8 Å². The van der Waals surface area contributed by atoms with E-state index in [4.69, 9.17) is 5.11 Å². The number of nitrogens with one attached hydrogen (secondary N) is 1. The van der Waals surface area contributed by atoms with E-state index in [-0.39, 0.29) is 12.1 Å². The lowest BCUT2D eigenvalue weighted by Gasteiger charge is -2.27. The number of carbonyl (C=O) groups is 1. The minimum Gasteiger partial charge on any atom is -0.480 e. The lowest BCUT2D eigenvalue weighted by atomic mass is 9.87. The first-order valence-corrected chi connectivity index (χ1v) is 6.31. The lowest BCUT2D eigenvalue weighted by molar-refractivity contribution is -0.140. The van der Waals surface area contributed by atoms with Crippen LogP contribution in [0, 0.1) is 11.8 Å². The van der Waals surface area contributed by atoms with Crippen molar-refractivity contribution in [3.8, 4) is 0 Å². The van der Waals surface area contributed by atoms with Crippen molar-refractivity contribution >= 4 is 5.97 Å². The SMILES string of the molecule is O=C(O)C(NCC1CCCC(O)C1)C1CC1. The van der Waals surface area contributed by atoms with Gasteiger partial charge in [0.15, 0.2) is 0 Å². The minimum atomic E-state index is -0.723. The van der Waals surface area contributed by atoms with E-state index < -0.39 is 5.97 Å². The molecule has 0 amide bonds. The van der Waals surface area contributed by atoms with Gasteiger partial charge < -0.3 is 15.5 Å². The van der Waals surface area contributed by atoms with E-state index in [9.17, 15) is 9.90 Å². The first-order valence-electron chi connectivity index (χ1n) is 6.31. The van der Waals surface area contributed by atoms with Gasteiger partial charge in [0.05, 0.1) is 6.10 Å². The van der Waals surface area contributed by atoms with Crippen molar-refractivity contribution in [2.45, 2.75) is 50.7 Å². The summed E-state index contributed by atoms with van der Waals surface area (Å²) >= 11 is 0. The van der Waals surface area contributed by atoms with Crippen LogP contribution < -0.4 is 5.32 Å². The monoisotopic (exact) mass is 227 g/mol. The van der Waals surface area contributed by atoms with Crippen molar-refractivity contribution in [1.82, 2.24) is 5.32 Å². The number of rotatable bonds is 5. The number of aliphatic hydroxyl groups excluding tert-OH is 1. The normalized spacial score (nSPS) is 32.3. The number of aliphatic hydroxyl groups is 1. The molecule has 0 aromatic heterocycles. The second-order valence-electron chi connectivity index (χ2n) is 5.25. The predicted octanol–water partition coefficient (Wildman–Crippen LogP) is 0.990. The molecule has 2 rings (SSSR count). The summed E-state index contributed by atoms with van der Waals surface area (Å²) in [5.41, 5.74) is 0. The van der Waals surface area contributed by atoms with E-state index in [1.807, 2.05) is 0 Å². The van der Waals surface area contributed by atoms with E-state index in [0.717, 1.165) is 45.1 Å². The fourth-order valence-corrected chi connectivity index (χ4v) is 2.63. The van der Waals surface area contributed by atoms with Crippen molar-refractivity contribution in [2.75, 3.05) is 6.54 Å². The maximum Gasteiger partial charge on any atom is 0.320 e. The van der Waals surface area contributed by atoms with Crippen molar-refractivity contribution in [3.05, 3.63) is 0 Å². The maximum absolute atomic E-state index is 11.0. The van der Waals surface area contributed by atoms with Crippen LogP contribution in [0.15, 0.2) is 0 Å². The van der Waals surface area contributed by atoms with Crippen molar-refractivity contribution < 1.29 is 15.0 Å². The molecule has 3 atom stereocenters. The summed E-state index contributed by atoms with van der Waals surface area (Å²) in [6.45, 7) is 0.741. The molecule has 2 fully saturated rings. The molecule has 0 saturated heterocycles. The molecule has 2 aliphatic rings. The quantitative estimate of drug-likeness (QED) is 0.655. The zero-order chi connectivity index (χ0) is 11.5. The molecule has 0 bridgehead atoms. The summed E-state index contributed by atoms with van der Waals surface area (Å²) in [6, 6.07) is -0.362. The average Bonchev–Trinajstić information content (AvgIpc) is 3.02. The lowest BCUT2D eigenvalue weighted by Crippen LogP contribution is -2.42. The van der Waals surface area contributed by atoms with Gasteiger partial charge in [0.1, 0.15) is 6.04 Å². The fourth-order valence-electron chi connectivity index (χ4n) is 2.63. The third-order valence-corrected chi connectivity index (χ3v) is 3.74. The molecular weight excluding hydrogens is 206 g/mol. The Bertz CT molecular complexity index is 253. The third-order valence-electron chi connectivity index (χ3n) is 3.74. The topological polar surface area (TPSA) is 69.6 Å². The molecule has 4 heteroatoms. The molecule has 0 spiro atoms. The summed E-state index contributed by atoms with van der Waals surface area (Å²) in [5, 5.41) is 21.7. The van der Waals surface area contributed by atoms with Crippen molar-refractivity contribution in [1.29, 1.82) is 0 Å². The Morgan fingerprint density at radius 1 is 1.31 bits per heavy atom. The van der Waals surface area contributed by atoms with Crippen LogP contribution in [-0.4, -0.2) is 34.9 Å². The molecule has 0 heterocycles. The Balaban J connectivity index is 1.74. The summed E-state index contributed by atoms with van der Waals surface area (Å²) in [4.78, 5) is 11.0. The van der Waals surface area contributed by atoms with Crippen LogP contribution in [-0.2, 0) is 4.79 Å². The van der Waals surface area contributed by atoms with Crippen LogP contribution in [0.5, 0.6) is 0 Å². The maximum atomic E-state index is 11.0. The van der Waals surface area contributed by atoms with E-state index in [0.29, 0.717) is 11.8 Å². The van der Waals surface area contributed by atoms with Crippen LogP contribution in [0.2, 0.25) is 0 Å². The Kier molecular flexibility index (Phi) is 3.82. The fraction of sp³-hybridized carbons (Fsp3) is 0.917. The van der Waals surface area contributed by atoms with E-state index >= 15 is 0 Å². The van der Waals surface area contributed by atoms with Gasteiger partial charge in [0.25, 0.3) is 0 Å². The second kappa shape index (κ2) is 5.15. The largest absolute Gasteiger partial charge is 0.480 e. The Morgan fingerprint density at radius 3 is 2.62 bits per heavy atom. The number of carboxylic acid groups (broad SMARTS) is 1. The predicted molar refractivity (Wildman–Crippen MR) is 60.1 cm³/mol. The van der Waals surface area contributed by atoms with Crippen LogP contribution in [0.3, 0.4) is 0 Å². The molecule has 4 nitrogen and oxygen atoms in total. The third kappa shape index (κ3) is 3.19. The molecule has 3 N–H and O–H groups in total. The van der Waals surface area contributed by atoms with Crippen LogP contribution in [0.25, 0.3) is 0 Å². The summed E-state index contributed by atoms with van der Waals surface area (Å²) < 4.78 is 0. The van der Waals surface area contributed by atoms with E-state index in [1.54, 1.807) is 0 Å². The van der Waals surface area contributed by atoms with Crippen LogP contribution in [0.1, 0.15) is 38.5 Å². The first-order chi connectivity index (χ1) is 7.66. The van der Waals surface area contributed by atoms with E-state index in [1.165, 1.54) is 0 Å². The second-order valence-corrected chi connectivity index (χ2v) is 5.25. The Labute approximate surface area is 96.0 Å². The standard InChI is InChI=1S/C12H21NO3/c14-10-3-1-2-8(6-10)7-13-11(12(15)16)9-4-5-9/h8-11,13-14H,1-7H2,(H,15,16). The highest BCUT2D eigenvalue weighted by Gasteiger charge is 2.36. The van der Waals surface area contributed by atoms with Crippen LogP contribution in [0.4, 0.5) is 0 Å². The summed E-state index contributed by atoms with van der Waals surface area (Å²) in [6.07, 6.45) is 5.81.